The van der Waals surface area contributed by atoms with Crippen molar-refractivity contribution in [3.63, 3.8) is 0 Å². The number of thioether (sulfide) groups is 1. The maximum Gasteiger partial charge on any atom is 0.270 e. The van der Waals surface area contributed by atoms with Gasteiger partial charge in [-0.15, -0.1) is 10.2 Å². The normalized spacial score (nSPS) is 10.7. The van der Waals surface area contributed by atoms with Gasteiger partial charge in [-0.1, -0.05) is 59.8 Å². The first-order valence-corrected chi connectivity index (χ1v) is 11.2. The van der Waals surface area contributed by atoms with Crippen LogP contribution in [0, 0.1) is 17.0 Å². The van der Waals surface area contributed by atoms with Crippen LogP contribution in [0.15, 0.2) is 78.0 Å². The van der Waals surface area contributed by atoms with Crippen molar-refractivity contribution in [1.82, 2.24) is 14.8 Å². The molecule has 0 saturated carbocycles. The smallest absolute Gasteiger partial charge is 0.270 e. The van der Waals surface area contributed by atoms with Crippen LogP contribution < -0.4 is 5.32 Å². The Bertz CT molecular complexity index is 1330. The lowest BCUT2D eigenvalue weighted by molar-refractivity contribution is -0.384. The fourth-order valence-electron chi connectivity index (χ4n) is 3.18. The molecule has 1 N–H and O–H groups in total. The van der Waals surface area contributed by atoms with E-state index >= 15 is 0 Å². The predicted octanol–water partition coefficient (Wildman–Crippen LogP) is 5.54. The SMILES string of the molecule is Cc1c(Cl)cccc1NC(=O)CSc1nnc(-c2cccc([N+](=O)[O-])c2)n1-c1ccccc1. The fraction of sp³-hybridized carbons (Fsp3) is 0.0870. The van der Waals surface area contributed by atoms with Crippen LogP contribution >= 0.6 is 23.4 Å². The number of halogens is 1. The average molecular weight is 480 g/mol. The van der Waals surface area contributed by atoms with Gasteiger partial charge in [-0.3, -0.25) is 19.5 Å². The molecule has 0 aliphatic rings. The molecule has 10 heteroatoms. The molecular weight excluding hydrogens is 462 g/mol. The number of nitrogens with zero attached hydrogens (tertiary/aromatic N) is 4. The summed E-state index contributed by atoms with van der Waals surface area (Å²) in [5.74, 6) is 0.314. The van der Waals surface area contributed by atoms with E-state index in [0.717, 1.165) is 11.3 Å². The van der Waals surface area contributed by atoms with Crippen molar-refractivity contribution in [2.75, 3.05) is 11.1 Å². The lowest BCUT2D eigenvalue weighted by atomic mass is 10.2. The van der Waals surface area contributed by atoms with Crippen molar-refractivity contribution in [3.05, 3.63) is 93.5 Å². The molecule has 1 amide bonds. The zero-order valence-electron chi connectivity index (χ0n) is 17.4. The second-order valence-corrected chi connectivity index (χ2v) is 8.38. The quantitative estimate of drug-likeness (QED) is 0.212. The summed E-state index contributed by atoms with van der Waals surface area (Å²) in [7, 11) is 0. The third-order valence-corrected chi connectivity index (χ3v) is 6.18. The molecular formula is C23H18ClN5O3S. The molecule has 0 atom stereocenters. The number of para-hydroxylation sites is 1. The summed E-state index contributed by atoms with van der Waals surface area (Å²) in [6, 6.07) is 20.9. The number of aromatic nitrogens is 3. The number of hydrogen-bond acceptors (Lipinski definition) is 6. The largest absolute Gasteiger partial charge is 0.325 e. The van der Waals surface area contributed by atoms with Crippen LogP contribution in [0.3, 0.4) is 0 Å². The Labute approximate surface area is 198 Å². The Morgan fingerprint density at radius 2 is 1.85 bits per heavy atom. The minimum absolute atomic E-state index is 0.0411. The number of carbonyl (C=O) groups is 1. The summed E-state index contributed by atoms with van der Waals surface area (Å²) in [4.78, 5) is 23.4. The molecule has 0 spiro atoms. The summed E-state index contributed by atoms with van der Waals surface area (Å²) in [6.45, 7) is 1.84. The van der Waals surface area contributed by atoms with E-state index in [4.69, 9.17) is 11.6 Å². The fourth-order valence-corrected chi connectivity index (χ4v) is 4.10. The molecule has 4 rings (SSSR count). The Kier molecular flexibility index (Phi) is 6.71. The van der Waals surface area contributed by atoms with Crippen molar-refractivity contribution < 1.29 is 9.72 Å². The Balaban J connectivity index is 1.62. The Hall–Kier alpha value is -3.69. The Morgan fingerprint density at radius 3 is 2.61 bits per heavy atom. The number of non-ortho nitro benzene ring substituents is 1. The standard InChI is InChI=1S/C23H18ClN5O3S/c1-15-19(24)11-6-12-20(15)25-21(30)14-33-23-27-26-22(28(23)17-8-3-2-4-9-17)16-7-5-10-18(13-16)29(31)32/h2-13H,14H2,1H3,(H,25,30). The van der Waals surface area contributed by atoms with Gasteiger partial charge in [0.1, 0.15) is 0 Å². The van der Waals surface area contributed by atoms with Crippen molar-refractivity contribution in [3.8, 4) is 17.1 Å². The molecule has 4 aromatic rings. The van der Waals surface area contributed by atoms with Gasteiger partial charge in [0.15, 0.2) is 11.0 Å². The third kappa shape index (κ3) is 5.05. The van der Waals surface area contributed by atoms with E-state index < -0.39 is 4.92 Å². The highest BCUT2D eigenvalue weighted by Gasteiger charge is 2.19. The van der Waals surface area contributed by atoms with E-state index in [0.29, 0.717) is 27.3 Å². The first-order valence-electron chi connectivity index (χ1n) is 9.87. The first-order chi connectivity index (χ1) is 15.9. The molecule has 0 saturated heterocycles. The number of benzene rings is 3. The van der Waals surface area contributed by atoms with Crippen LogP contribution in [0.2, 0.25) is 5.02 Å². The molecule has 0 radical (unpaired) electrons. The number of rotatable bonds is 7. The Morgan fingerprint density at radius 1 is 1.09 bits per heavy atom. The van der Waals surface area contributed by atoms with E-state index in [2.05, 4.69) is 15.5 Å². The summed E-state index contributed by atoms with van der Waals surface area (Å²) in [5.41, 5.74) is 2.72. The van der Waals surface area contributed by atoms with Gasteiger partial charge >= 0.3 is 0 Å². The van der Waals surface area contributed by atoms with Gasteiger partial charge in [-0.05, 0) is 36.8 Å². The predicted molar refractivity (Wildman–Crippen MR) is 129 cm³/mol. The van der Waals surface area contributed by atoms with E-state index in [1.54, 1.807) is 34.9 Å². The third-order valence-electron chi connectivity index (χ3n) is 4.84. The van der Waals surface area contributed by atoms with Crippen LogP contribution in [0.4, 0.5) is 11.4 Å². The molecule has 0 unspecified atom stereocenters. The summed E-state index contributed by atoms with van der Waals surface area (Å²) >= 11 is 7.35. The van der Waals surface area contributed by atoms with E-state index in [9.17, 15) is 14.9 Å². The second-order valence-electron chi connectivity index (χ2n) is 7.03. The minimum Gasteiger partial charge on any atom is -0.325 e. The van der Waals surface area contributed by atoms with Crippen molar-refractivity contribution in [2.24, 2.45) is 0 Å². The van der Waals surface area contributed by atoms with E-state index in [1.807, 2.05) is 37.3 Å². The number of anilines is 1. The second kappa shape index (κ2) is 9.85. The van der Waals surface area contributed by atoms with Gasteiger partial charge < -0.3 is 5.32 Å². The van der Waals surface area contributed by atoms with Crippen molar-refractivity contribution in [2.45, 2.75) is 12.1 Å². The minimum atomic E-state index is -0.454. The molecule has 3 aromatic carbocycles. The van der Waals surface area contributed by atoms with Gasteiger partial charge in [0.2, 0.25) is 5.91 Å². The summed E-state index contributed by atoms with van der Waals surface area (Å²) in [6.07, 6.45) is 0. The number of carbonyl (C=O) groups excluding carboxylic acids is 1. The highest BCUT2D eigenvalue weighted by Crippen LogP contribution is 2.30. The van der Waals surface area contributed by atoms with Gasteiger partial charge in [-0.25, -0.2) is 0 Å². The molecule has 8 nitrogen and oxygen atoms in total. The van der Waals surface area contributed by atoms with Crippen LogP contribution in [-0.4, -0.2) is 31.3 Å². The van der Waals surface area contributed by atoms with Crippen LogP contribution in [0.5, 0.6) is 0 Å². The molecule has 0 bridgehead atoms. The average Bonchev–Trinajstić information content (AvgIpc) is 3.25. The number of nitro groups is 1. The lowest BCUT2D eigenvalue weighted by Gasteiger charge is -2.11. The van der Waals surface area contributed by atoms with Crippen molar-refractivity contribution >= 4 is 40.6 Å². The number of hydrogen-bond donors (Lipinski definition) is 1. The molecule has 0 aliphatic carbocycles. The zero-order valence-corrected chi connectivity index (χ0v) is 19.0. The van der Waals surface area contributed by atoms with Crippen LogP contribution in [-0.2, 0) is 4.79 Å². The lowest BCUT2D eigenvalue weighted by Crippen LogP contribution is -2.15. The van der Waals surface area contributed by atoms with Gasteiger partial charge in [0, 0.05) is 34.1 Å². The zero-order chi connectivity index (χ0) is 23.4. The molecule has 166 valence electrons. The number of nitrogens with one attached hydrogen (secondary N) is 1. The highest BCUT2D eigenvalue weighted by atomic mass is 35.5. The van der Waals surface area contributed by atoms with E-state index in [1.165, 1.54) is 23.9 Å². The van der Waals surface area contributed by atoms with Gasteiger partial charge in [0.05, 0.1) is 10.7 Å². The number of amides is 1. The molecule has 1 aromatic heterocycles. The maximum absolute atomic E-state index is 12.6. The van der Waals surface area contributed by atoms with Crippen molar-refractivity contribution in [1.29, 1.82) is 0 Å². The van der Waals surface area contributed by atoms with Crippen LogP contribution in [0.25, 0.3) is 17.1 Å². The highest BCUT2D eigenvalue weighted by molar-refractivity contribution is 7.99. The van der Waals surface area contributed by atoms with Gasteiger partial charge in [0.25, 0.3) is 5.69 Å². The van der Waals surface area contributed by atoms with Gasteiger partial charge in [-0.2, -0.15) is 0 Å². The summed E-state index contributed by atoms with van der Waals surface area (Å²) < 4.78 is 1.78. The van der Waals surface area contributed by atoms with E-state index in [-0.39, 0.29) is 17.3 Å². The number of nitro benzene ring substituents is 1. The molecule has 0 aliphatic heterocycles. The topological polar surface area (TPSA) is 103 Å². The molecule has 1 heterocycles. The van der Waals surface area contributed by atoms with Crippen LogP contribution in [0.1, 0.15) is 5.56 Å². The monoisotopic (exact) mass is 479 g/mol. The first kappa shape index (κ1) is 22.5. The summed E-state index contributed by atoms with van der Waals surface area (Å²) in [5, 5.41) is 23.7. The molecule has 33 heavy (non-hydrogen) atoms. The molecule has 0 fully saturated rings. The maximum atomic E-state index is 12.6.